The highest BCUT2D eigenvalue weighted by molar-refractivity contribution is 5.75. The molecular weight excluding hydrogens is 341 g/mol. The lowest BCUT2D eigenvalue weighted by atomic mass is 9.99. The number of benzene rings is 1. The molecule has 2 heterocycles. The van der Waals surface area contributed by atoms with Crippen LogP contribution in [0.2, 0.25) is 0 Å². The first-order valence-electron chi connectivity index (χ1n) is 7.91. The van der Waals surface area contributed by atoms with Crippen LogP contribution in [-0.4, -0.2) is 22.7 Å². The van der Waals surface area contributed by atoms with Gasteiger partial charge >= 0.3 is 6.18 Å². The van der Waals surface area contributed by atoms with Crippen LogP contribution in [0.3, 0.4) is 0 Å². The standard InChI is InChI=1S/C19H17F3N4/c1-12-2-3-15(23)10-16(12)13-4-6-24-17(8-13)14-5-7-25-18(9-14)26-11-19(20,21)22/h2-10H,11,23H2,1H3,(H,25,26). The molecule has 0 spiro atoms. The Labute approximate surface area is 148 Å². The number of anilines is 2. The van der Waals surface area contributed by atoms with E-state index in [1.807, 2.05) is 37.3 Å². The highest BCUT2D eigenvalue weighted by Gasteiger charge is 2.26. The molecule has 3 N–H and O–H groups in total. The SMILES string of the molecule is Cc1ccc(N)cc1-c1ccnc(-c2ccnc(NCC(F)(F)F)c2)c1. The molecule has 0 atom stereocenters. The molecule has 0 fully saturated rings. The molecule has 3 aromatic rings. The number of aryl methyl sites for hydroxylation is 1. The molecule has 0 saturated carbocycles. The number of rotatable bonds is 4. The largest absolute Gasteiger partial charge is 0.405 e. The molecule has 0 bridgehead atoms. The molecule has 0 aliphatic carbocycles. The second kappa shape index (κ2) is 7.03. The van der Waals surface area contributed by atoms with E-state index in [2.05, 4.69) is 15.3 Å². The van der Waals surface area contributed by atoms with E-state index in [9.17, 15) is 13.2 Å². The lowest BCUT2D eigenvalue weighted by Crippen LogP contribution is -2.21. The zero-order valence-electron chi connectivity index (χ0n) is 14.0. The lowest BCUT2D eigenvalue weighted by Gasteiger charge is -2.11. The third-order valence-corrected chi connectivity index (χ3v) is 3.86. The molecule has 134 valence electrons. The van der Waals surface area contributed by atoms with Gasteiger partial charge in [0.2, 0.25) is 0 Å². The van der Waals surface area contributed by atoms with Crippen LogP contribution in [-0.2, 0) is 0 Å². The van der Waals surface area contributed by atoms with Crippen LogP contribution in [0.15, 0.2) is 54.9 Å². The second-order valence-electron chi connectivity index (χ2n) is 5.90. The summed E-state index contributed by atoms with van der Waals surface area (Å²) in [5.41, 5.74) is 10.8. The van der Waals surface area contributed by atoms with E-state index in [4.69, 9.17) is 5.73 Å². The third-order valence-electron chi connectivity index (χ3n) is 3.86. The van der Waals surface area contributed by atoms with Crippen molar-refractivity contribution in [1.82, 2.24) is 9.97 Å². The molecule has 0 amide bonds. The molecule has 2 aromatic heterocycles. The minimum atomic E-state index is -4.30. The quantitative estimate of drug-likeness (QED) is 0.665. The Morgan fingerprint density at radius 2 is 1.69 bits per heavy atom. The number of nitrogens with zero attached hydrogens (tertiary/aromatic N) is 2. The number of nitrogens with two attached hydrogens (primary N) is 1. The van der Waals surface area contributed by atoms with Crippen molar-refractivity contribution >= 4 is 11.5 Å². The van der Waals surface area contributed by atoms with Crippen LogP contribution in [0.1, 0.15) is 5.56 Å². The number of nitrogens with one attached hydrogen (secondary N) is 1. The summed E-state index contributed by atoms with van der Waals surface area (Å²) >= 11 is 0. The van der Waals surface area contributed by atoms with Crippen LogP contribution in [0.5, 0.6) is 0 Å². The van der Waals surface area contributed by atoms with Crippen LogP contribution in [0, 0.1) is 6.92 Å². The molecule has 7 heteroatoms. The number of hydrogen-bond donors (Lipinski definition) is 2. The normalized spacial score (nSPS) is 11.4. The molecule has 0 aliphatic rings. The summed E-state index contributed by atoms with van der Waals surface area (Å²) in [5.74, 6) is 0.146. The van der Waals surface area contributed by atoms with Gasteiger partial charge in [-0.3, -0.25) is 4.98 Å². The van der Waals surface area contributed by atoms with Crippen molar-refractivity contribution in [2.75, 3.05) is 17.6 Å². The maximum atomic E-state index is 12.4. The highest BCUT2D eigenvalue weighted by Crippen LogP contribution is 2.29. The van der Waals surface area contributed by atoms with Crippen molar-refractivity contribution in [3.8, 4) is 22.4 Å². The van der Waals surface area contributed by atoms with E-state index in [1.54, 1.807) is 18.3 Å². The van der Waals surface area contributed by atoms with Gasteiger partial charge < -0.3 is 11.1 Å². The monoisotopic (exact) mass is 358 g/mol. The van der Waals surface area contributed by atoms with E-state index in [1.165, 1.54) is 6.20 Å². The Balaban J connectivity index is 1.92. The van der Waals surface area contributed by atoms with E-state index in [-0.39, 0.29) is 5.82 Å². The molecule has 4 nitrogen and oxygen atoms in total. The predicted molar refractivity (Wildman–Crippen MR) is 96.6 cm³/mol. The maximum absolute atomic E-state index is 12.4. The van der Waals surface area contributed by atoms with Crippen molar-refractivity contribution < 1.29 is 13.2 Å². The summed E-state index contributed by atoms with van der Waals surface area (Å²) in [6.45, 7) is 0.847. The maximum Gasteiger partial charge on any atom is 0.405 e. The zero-order chi connectivity index (χ0) is 18.7. The van der Waals surface area contributed by atoms with Crippen molar-refractivity contribution in [2.24, 2.45) is 0 Å². The fourth-order valence-electron chi connectivity index (χ4n) is 2.58. The molecule has 0 radical (unpaired) electrons. The Morgan fingerprint density at radius 3 is 2.46 bits per heavy atom. The Morgan fingerprint density at radius 1 is 0.962 bits per heavy atom. The number of alkyl halides is 3. The molecule has 3 rings (SSSR count). The first-order chi connectivity index (χ1) is 12.3. The van der Waals surface area contributed by atoms with E-state index in [0.717, 1.165) is 16.7 Å². The average molecular weight is 358 g/mol. The van der Waals surface area contributed by atoms with Crippen LogP contribution >= 0.6 is 0 Å². The third kappa shape index (κ3) is 4.30. The van der Waals surface area contributed by atoms with Gasteiger partial charge in [0.1, 0.15) is 12.4 Å². The molecule has 0 unspecified atom stereocenters. The Kier molecular flexibility index (Phi) is 4.79. The number of hydrogen-bond acceptors (Lipinski definition) is 4. The van der Waals surface area contributed by atoms with E-state index >= 15 is 0 Å². The fourth-order valence-corrected chi connectivity index (χ4v) is 2.58. The summed E-state index contributed by atoms with van der Waals surface area (Å²) in [7, 11) is 0. The van der Waals surface area contributed by atoms with Gasteiger partial charge in [-0.25, -0.2) is 4.98 Å². The van der Waals surface area contributed by atoms with E-state index < -0.39 is 12.7 Å². The van der Waals surface area contributed by atoms with Gasteiger partial charge in [0, 0.05) is 23.6 Å². The van der Waals surface area contributed by atoms with Gasteiger partial charge in [-0.15, -0.1) is 0 Å². The number of aromatic nitrogens is 2. The van der Waals surface area contributed by atoms with Crippen molar-refractivity contribution in [3.63, 3.8) is 0 Å². The molecule has 0 saturated heterocycles. The van der Waals surface area contributed by atoms with Gasteiger partial charge in [-0.1, -0.05) is 6.07 Å². The minimum absolute atomic E-state index is 0.146. The summed E-state index contributed by atoms with van der Waals surface area (Å²) in [6, 6.07) is 12.7. The topological polar surface area (TPSA) is 63.8 Å². The van der Waals surface area contributed by atoms with Crippen LogP contribution in [0.4, 0.5) is 24.7 Å². The summed E-state index contributed by atoms with van der Waals surface area (Å²) < 4.78 is 37.1. The number of halogens is 3. The van der Waals surface area contributed by atoms with Crippen molar-refractivity contribution in [1.29, 1.82) is 0 Å². The van der Waals surface area contributed by atoms with Gasteiger partial charge in [-0.2, -0.15) is 13.2 Å². The van der Waals surface area contributed by atoms with E-state index in [0.29, 0.717) is 16.9 Å². The molecule has 26 heavy (non-hydrogen) atoms. The fraction of sp³-hybridized carbons (Fsp3) is 0.158. The Bertz CT molecular complexity index is 923. The van der Waals surface area contributed by atoms with Gasteiger partial charge in [0.15, 0.2) is 0 Å². The van der Waals surface area contributed by atoms with Crippen molar-refractivity contribution in [3.05, 3.63) is 60.4 Å². The summed E-state index contributed by atoms with van der Waals surface area (Å²) in [5, 5.41) is 2.28. The molecular formula is C19H17F3N4. The van der Waals surface area contributed by atoms with Gasteiger partial charge in [-0.05, 0) is 60.0 Å². The zero-order valence-corrected chi connectivity index (χ0v) is 14.0. The number of nitrogen functional groups attached to an aromatic ring is 1. The minimum Gasteiger partial charge on any atom is -0.399 e. The van der Waals surface area contributed by atoms with Gasteiger partial charge in [0.05, 0.1) is 5.69 Å². The van der Waals surface area contributed by atoms with Crippen LogP contribution in [0.25, 0.3) is 22.4 Å². The summed E-state index contributed by atoms with van der Waals surface area (Å²) in [6.07, 6.45) is -1.19. The van der Waals surface area contributed by atoms with Crippen molar-refractivity contribution in [2.45, 2.75) is 13.1 Å². The summed E-state index contributed by atoms with van der Waals surface area (Å²) in [4.78, 5) is 8.25. The average Bonchev–Trinajstić information content (AvgIpc) is 2.62. The molecule has 1 aromatic carbocycles. The van der Waals surface area contributed by atoms with Crippen LogP contribution < -0.4 is 11.1 Å². The Hall–Kier alpha value is -3.09. The molecule has 0 aliphatic heterocycles. The smallest absolute Gasteiger partial charge is 0.399 e. The number of pyridine rings is 2. The van der Waals surface area contributed by atoms with Gasteiger partial charge in [0.25, 0.3) is 0 Å². The first kappa shape index (κ1) is 17.7. The first-order valence-corrected chi connectivity index (χ1v) is 7.91. The highest BCUT2D eigenvalue weighted by atomic mass is 19.4. The lowest BCUT2D eigenvalue weighted by molar-refractivity contribution is -0.115. The second-order valence-corrected chi connectivity index (χ2v) is 5.90. The predicted octanol–water partition coefficient (Wildman–Crippen LogP) is 4.68.